The Bertz CT molecular complexity index is 547. The maximum Gasteiger partial charge on any atom is 0.305 e. The first kappa shape index (κ1) is 17.5. The molecule has 2 unspecified atom stereocenters. The number of benzene rings is 1. The number of ether oxygens (including phenoxy) is 1. The number of carboxylic acid groups (broad SMARTS) is 1. The number of aliphatic carboxylic acids is 1. The van der Waals surface area contributed by atoms with Crippen LogP contribution in [-0.4, -0.2) is 35.7 Å². The van der Waals surface area contributed by atoms with Crippen LogP contribution in [-0.2, 0) is 20.7 Å². The molecule has 5 heteroatoms. The third-order valence-corrected chi connectivity index (χ3v) is 4.45. The Balaban J connectivity index is 1.95. The molecule has 1 aromatic rings. The van der Waals surface area contributed by atoms with E-state index in [2.05, 4.69) is 36.5 Å². The molecule has 0 spiro atoms. The van der Waals surface area contributed by atoms with Crippen LogP contribution in [0, 0.1) is 0 Å². The molecule has 1 aliphatic rings. The normalized spacial score (nSPS) is 21.8. The summed E-state index contributed by atoms with van der Waals surface area (Å²) >= 11 is 0. The Labute approximate surface area is 137 Å². The fourth-order valence-electron chi connectivity index (χ4n) is 3.00. The standard InChI is InChI=1S/C18H25NO4/c1-3-14-4-6-15(7-5-14)13(2)10-16(20)19-18(11-17(21)22)8-9-23-12-18/h4-7,13H,3,8-12H2,1-2H3,(H,19,20)(H,21,22). The van der Waals surface area contributed by atoms with E-state index in [0.29, 0.717) is 19.4 Å². The number of carboxylic acids is 1. The Kier molecular flexibility index (Phi) is 5.77. The molecule has 0 radical (unpaired) electrons. The Morgan fingerprint density at radius 3 is 2.57 bits per heavy atom. The number of aryl methyl sites for hydroxylation is 1. The first-order valence-corrected chi connectivity index (χ1v) is 8.13. The minimum absolute atomic E-state index is 0.0881. The summed E-state index contributed by atoms with van der Waals surface area (Å²) in [6.45, 7) is 4.87. The second-order valence-electron chi connectivity index (χ2n) is 6.40. The van der Waals surface area contributed by atoms with Gasteiger partial charge in [0.05, 0.1) is 18.6 Å². The molecule has 23 heavy (non-hydrogen) atoms. The summed E-state index contributed by atoms with van der Waals surface area (Å²) < 4.78 is 5.30. The molecule has 0 saturated carbocycles. The lowest BCUT2D eigenvalue weighted by Gasteiger charge is -2.27. The molecule has 1 aromatic carbocycles. The maximum atomic E-state index is 12.3. The third kappa shape index (κ3) is 4.79. The van der Waals surface area contributed by atoms with E-state index in [1.807, 2.05) is 6.92 Å². The van der Waals surface area contributed by atoms with Crippen molar-refractivity contribution in [3.05, 3.63) is 35.4 Å². The van der Waals surface area contributed by atoms with E-state index in [0.717, 1.165) is 12.0 Å². The monoisotopic (exact) mass is 319 g/mol. The van der Waals surface area contributed by atoms with Crippen LogP contribution in [0.15, 0.2) is 24.3 Å². The van der Waals surface area contributed by atoms with Crippen molar-refractivity contribution >= 4 is 11.9 Å². The van der Waals surface area contributed by atoms with Gasteiger partial charge in [0.1, 0.15) is 0 Å². The van der Waals surface area contributed by atoms with E-state index in [1.54, 1.807) is 0 Å². The second kappa shape index (κ2) is 7.59. The predicted molar refractivity (Wildman–Crippen MR) is 87.4 cm³/mol. The smallest absolute Gasteiger partial charge is 0.305 e. The molecule has 1 saturated heterocycles. The summed E-state index contributed by atoms with van der Waals surface area (Å²) in [4.78, 5) is 23.4. The van der Waals surface area contributed by atoms with Crippen molar-refractivity contribution in [2.75, 3.05) is 13.2 Å². The van der Waals surface area contributed by atoms with Gasteiger partial charge in [-0.05, 0) is 29.9 Å². The molecular formula is C18H25NO4. The van der Waals surface area contributed by atoms with Crippen molar-refractivity contribution < 1.29 is 19.4 Å². The zero-order chi connectivity index (χ0) is 16.9. The Morgan fingerprint density at radius 1 is 1.35 bits per heavy atom. The minimum Gasteiger partial charge on any atom is -0.481 e. The van der Waals surface area contributed by atoms with Crippen molar-refractivity contribution in [1.82, 2.24) is 5.32 Å². The van der Waals surface area contributed by atoms with Crippen molar-refractivity contribution in [3.63, 3.8) is 0 Å². The van der Waals surface area contributed by atoms with Crippen LogP contribution in [0.25, 0.3) is 0 Å². The molecule has 0 bridgehead atoms. The van der Waals surface area contributed by atoms with E-state index in [4.69, 9.17) is 9.84 Å². The van der Waals surface area contributed by atoms with Gasteiger partial charge in [-0.15, -0.1) is 0 Å². The van der Waals surface area contributed by atoms with Crippen molar-refractivity contribution in [2.24, 2.45) is 0 Å². The van der Waals surface area contributed by atoms with Crippen molar-refractivity contribution in [1.29, 1.82) is 0 Å². The number of hydrogen-bond acceptors (Lipinski definition) is 3. The number of carbonyl (C=O) groups is 2. The van der Waals surface area contributed by atoms with Crippen LogP contribution in [0.1, 0.15) is 50.2 Å². The first-order valence-electron chi connectivity index (χ1n) is 8.13. The van der Waals surface area contributed by atoms with Gasteiger partial charge in [-0.1, -0.05) is 38.1 Å². The zero-order valence-corrected chi connectivity index (χ0v) is 13.8. The van der Waals surface area contributed by atoms with Gasteiger partial charge in [0.15, 0.2) is 0 Å². The lowest BCUT2D eigenvalue weighted by molar-refractivity contribution is -0.139. The van der Waals surface area contributed by atoms with Gasteiger partial charge >= 0.3 is 5.97 Å². The first-order chi connectivity index (χ1) is 10.9. The minimum atomic E-state index is -0.918. The van der Waals surface area contributed by atoms with Crippen LogP contribution in [0.4, 0.5) is 0 Å². The zero-order valence-electron chi connectivity index (χ0n) is 13.8. The fourth-order valence-corrected chi connectivity index (χ4v) is 3.00. The van der Waals surface area contributed by atoms with Gasteiger partial charge in [-0.25, -0.2) is 0 Å². The number of hydrogen-bond donors (Lipinski definition) is 2. The summed E-state index contributed by atoms with van der Waals surface area (Å²) in [5.41, 5.74) is 1.63. The average Bonchev–Trinajstić information content (AvgIpc) is 2.94. The molecule has 1 heterocycles. The molecule has 5 nitrogen and oxygen atoms in total. The largest absolute Gasteiger partial charge is 0.481 e. The van der Waals surface area contributed by atoms with E-state index in [-0.39, 0.29) is 24.9 Å². The number of nitrogens with one attached hydrogen (secondary N) is 1. The molecule has 2 N–H and O–H groups in total. The van der Waals surface area contributed by atoms with E-state index in [9.17, 15) is 9.59 Å². The maximum absolute atomic E-state index is 12.3. The van der Waals surface area contributed by atoms with Crippen LogP contribution < -0.4 is 5.32 Å². The highest BCUT2D eigenvalue weighted by molar-refractivity contribution is 5.79. The Morgan fingerprint density at radius 2 is 2.04 bits per heavy atom. The van der Waals surface area contributed by atoms with Gasteiger partial charge in [-0.3, -0.25) is 9.59 Å². The molecule has 126 valence electrons. The highest BCUT2D eigenvalue weighted by atomic mass is 16.5. The van der Waals surface area contributed by atoms with E-state index < -0.39 is 11.5 Å². The van der Waals surface area contributed by atoms with Gasteiger partial charge in [0.2, 0.25) is 5.91 Å². The second-order valence-corrected chi connectivity index (χ2v) is 6.40. The molecule has 0 aliphatic carbocycles. The average molecular weight is 319 g/mol. The summed E-state index contributed by atoms with van der Waals surface area (Å²) in [7, 11) is 0. The fraction of sp³-hybridized carbons (Fsp3) is 0.556. The van der Waals surface area contributed by atoms with Gasteiger partial charge < -0.3 is 15.2 Å². The van der Waals surface area contributed by atoms with Gasteiger partial charge in [0, 0.05) is 13.0 Å². The van der Waals surface area contributed by atoms with Gasteiger partial charge in [0.25, 0.3) is 0 Å². The van der Waals surface area contributed by atoms with E-state index >= 15 is 0 Å². The molecule has 0 aromatic heterocycles. The topological polar surface area (TPSA) is 75.6 Å². The summed E-state index contributed by atoms with van der Waals surface area (Å²) in [6, 6.07) is 8.28. The number of carbonyl (C=O) groups excluding carboxylic acids is 1. The molecule has 2 atom stereocenters. The summed E-state index contributed by atoms with van der Waals surface area (Å²) in [6.07, 6.45) is 1.78. The molecule has 1 fully saturated rings. The summed E-state index contributed by atoms with van der Waals surface area (Å²) in [5.74, 6) is -0.951. The van der Waals surface area contributed by atoms with Crippen LogP contribution in [0.5, 0.6) is 0 Å². The van der Waals surface area contributed by atoms with Crippen LogP contribution in [0.3, 0.4) is 0 Å². The predicted octanol–water partition coefficient (Wildman–Crippen LogP) is 2.49. The SMILES string of the molecule is CCc1ccc(C(C)CC(=O)NC2(CC(=O)O)CCOC2)cc1. The third-order valence-electron chi connectivity index (χ3n) is 4.45. The lowest BCUT2D eigenvalue weighted by atomic mass is 9.92. The van der Waals surface area contributed by atoms with Crippen molar-refractivity contribution in [2.45, 2.75) is 51.0 Å². The molecular weight excluding hydrogens is 294 g/mol. The van der Waals surface area contributed by atoms with Crippen LogP contribution in [0.2, 0.25) is 0 Å². The number of rotatable bonds is 7. The number of amides is 1. The van der Waals surface area contributed by atoms with Crippen molar-refractivity contribution in [3.8, 4) is 0 Å². The molecule has 1 amide bonds. The summed E-state index contributed by atoms with van der Waals surface area (Å²) in [5, 5.41) is 12.0. The highest BCUT2D eigenvalue weighted by Gasteiger charge is 2.38. The molecule has 2 rings (SSSR count). The Hall–Kier alpha value is -1.88. The van der Waals surface area contributed by atoms with Gasteiger partial charge in [-0.2, -0.15) is 0 Å². The highest BCUT2D eigenvalue weighted by Crippen LogP contribution is 2.25. The lowest BCUT2D eigenvalue weighted by Crippen LogP contribution is -2.50. The molecule has 1 aliphatic heterocycles. The van der Waals surface area contributed by atoms with Crippen LogP contribution >= 0.6 is 0 Å². The van der Waals surface area contributed by atoms with E-state index in [1.165, 1.54) is 5.56 Å². The quantitative estimate of drug-likeness (QED) is 0.809.